The summed E-state index contributed by atoms with van der Waals surface area (Å²) < 4.78 is 20.1. The number of hydrogen-bond donors (Lipinski definition) is 1. The third-order valence-electron chi connectivity index (χ3n) is 6.21. The van der Waals surface area contributed by atoms with Gasteiger partial charge in [-0.25, -0.2) is 4.39 Å². The highest BCUT2D eigenvalue weighted by Gasteiger charge is 2.24. The number of fused-ring (bicyclic) bond motifs is 2. The van der Waals surface area contributed by atoms with E-state index in [1.807, 2.05) is 41.8 Å². The molecule has 0 bridgehead atoms. The van der Waals surface area contributed by atoms with E-state index in [0.29, 0.717) is 53.4 Å². The molecule has 0 unspecified atom stereocenters. The molecule has 1 amide bonds. The Morgan fingerprint density at radius 3 is 2.59 bits per heavy atom. The molecule has 7 heteroatoms. The second kappa shape index (κ2) is 8.33. The van der Waals surface area contributed by atoms with Crippen LogP contribution in [0.1, 0.15) is 34.0 Å². The second-order valence-corrected chi connectivity index (χ2v) is 8.50. The topological polar surface area (TPSA) is 79.8 Å². The predicted octanol–water partition coefficient (Wildman–Crippen LogP) is 5.02. The van der Waals surface area contributed by atoms with Gasteiger partial charge in [-0.05, 0) is 66.9 Å². The molecule has 4 aromatic rings. The van der Waals surface area contributed by atoms with Crippen molar-refractivity contribution in [2.75, 3.05) is 16.3 Å². The van der Waals surface area contributed by atoms with Crippen LogP contribution in [0.15, 0.2) is 69.9 Å². The average Bonchev–Trinajstić information content (AvgIpc) is 3.23. The largest absolute Gasteiger partial charge is 0.438 e. The van der Waals surface area contributed by atoms with Crippen LogP contribution < -0.4 is 21.0 Å². The molecule has 0 aliphatic carbocycles. The summed E-state index contributed by atoms with van der Waals surface area (Å²) in [7, 11) is 0. The van der Waals surface area contributed by atoms with Crippen LogP contribution in [0.2, 0.25) is 0 Å². The van der Waals surface area contributed by atoms with Crippen molar-refractivity contribution < 1.29 is 13.6 Å². The van der Waals surface area contributed by atoms with Gasteiger partial charge in [0.1, 0.15) is 5.82 Å². The van der Waals surface area contributed by atoms with E-state index in [1.165, 1.54) is 18.2 Å². The van der Waals surface area contributed by atoms with Crippen molar-refractivity contribution in [1.82, 2.24) is 0 Å². The van der Waals surface area contributed by atoms with Gasteiger partial charge in [0.05, 0.1) is 22.3 Å². The van der Waals surface area contributed by atoms with E-state index in [0.717, 1.165) is 16.7 Å². The van der Waals surface area contributed by atoms with Crippen molar-refractivity contribution in [1.29, 1.82) is 0 Å². The van der Waals surface area contributed by atoms with Gasteiger partial charge < -0.3 is 20.0 Å². The Bertz CT molecular complexity index is 1490. The first-order valence-corrected chi connectivity index (χ1v) is 11.1. The fourth-order valence-corrected chi connectivity index (χ4v) is 4.63. The van der Waals surface area contributed by atoms with Crippen molar-refractivity contribution in [3.63, 3.8) is 0 Å². The molecule has 0 atom stereocenters. The molecule has 0 spiro atoms. The number of amides is 1. The number of carbonyl (C=O) groups excluding carboxylic acids is 1. The maximum atomic E-state index is 13.7. The fraction of sp³-hybridized carbons (Fsp3) is 0.185. The molecule has 3 aromatic carbocycles. The smallest absolute Gasteiger partial charge is 0.250 e. The molecule has 1 aromatic heterocycles. The van der Waals surface area contributed by atoms with Crippen molar-refractivity contribution >= 4 is 34.1 Å². The van der Waals surface area contributed by atoms with E-state index < -0.39 is 5.91 Å². The Morgan fingerprint density at radius 2 is 1.82 bits per heavy atom. The van der Waals surface area contributed by atoms with Gasteiger partial charge >= 0.3 is 0 Å². The van der Waals surface area contributed by atoms with E-state index in [2.05, 4.69) is 0 Å². The molecule has 34 heavy (non-hydrogen) atoms. The first-order chi connectivity index (χ1) is 16.4. The van der Waals surface area contributed by atoms with Crippen LogP contribution in [0.5, 0.6) is 0 Å². The van der Waals surface area contributed by atoms with E-state index in [1.54, 1.807) is 24.3 Å². The van der Waals surface area contributed by atoms with Gasteiger partial charge in [-0.15, -0.1) is 0 Å². The van der Waals surface area contributed by atoms with Crippen molar-refractivity contribution in [2.24, 2.45) is 5.73 Å². The van der Waals surface area contributed by atoms with Gasteiger partial charge in [-0.1, -0.05) is 18.2 Å². The Morgan fingerprint density at radius 1 is 1.06 bits per heavy atom. The summed E-state index contributed by atoms with van der Waals surface area (Å²) >= 11 is 0. The van der Waals surface area contributed by atoms with Gasteiger partial charge in [0.2, 0.25) is 5.88 Å². The van der Waals surface area contributed by atoms with Gasteiger partial charge in [0.25, 0.3) is 5.91 Å². The quantitative estimate of drug-likeness (QED) is 0.455. The van der Waals surface area contributed by atoms with Gasteiger partial charge in [0.15, 0.2) is 11.0 Å². The number of aryl methyl sites for hydroxylation is 1. The number of anilines is 3. The number of hydrogen-bond acceptors (Lipinski definition) is 5. The SMILES string of the molecule is CCN(c1ccccc1C(N)=O)c1cc(C)cc2c(=O)cc(N3Cc4ccc(F)cc4C3)oc12. The fourth-order valence-electron chi connectivity index (χ4n) is 4.63. The predicted molar refractivity (Wildman–Crippen MR) is 131 cm³/mol. The number of benzene rings is 3. The zero-order chi connectivity index (χ0) is 24.0. The molecule has 2 heterocycles. The first-order valence-electron chi connectivity index (χ1n) is 11.1. The Labute approximate surface area is 196 Å². The highest BCUT2D eigenvalue weighted by atomic mass is 19.1. The minimum Gasteiger partial charge on any atom is -0.438 e. The van der Waals surface area contributed by atoms with Gasteiger partial charge in [-0.3, -0.25) is 9.59 Å². The van der Waals surface area contributed by atoms with E-state index in [4.69, 9.17) is 10.2 Å². The number of nitrogens with zero attached hydrogens (tertiary/aromatic N) is 2. The normalized spacial score (nSPS) is 12.7. The van der Waals surface area contributed by atoms with Crippen molar-refractivity contribution in [2.45, 2.75) is 26.9 Å². The third kappa shape index (κ3) is 3.69. The summed E-state index contributed by atoms with van der Waals surface area (Å²) in [6.45, 7) is 5.36. The van der Waals surface area contributed by atoms with Gasteiger partial charge in [0, 0.05) is 25.7 Å². The van der Waals surface area contributed by atoms with E-state index in [9.17, 15) is 14.0 Å². The van der Waals surface area contributed by atoms with Crippen LogP contribution in [0.3, 0.4) is 0 Å². The van der Waals surface area contributed by atoms with Crippen molar-refractivity contribution in [3.05, 3.63) is 99.0 Å². The molecular weight excluding hydrogens is 433 g/mol. The number of rotatable bonds is 5. The summed E-state index contributed by atoms with van der Waals surface area (Å²) in [5.41, 5.74) is 10.4. The molecule has 1 aliphatic heterocycles. The zero-order valence-electron chi connectivity index (χ0n) is 19.0. The molecule has 172 valence electrons. The number of halogens is 1. The van der Waals surface area contributed by atoms with E-state index >= 15 is 0 Å². The highest BCUT2D eigenvalue weighted by molar-refractivity contribution is 6.01. The number of para-hydroxylation sites is 1. The van der Waals surface area contributed by atoms with Crippen LogP contribution in [-0.4, -0.2) is 12.5 Å². The summed E-state index contributed by atoms with van der Waals surface area (Å²) in [5, 5.41) is 0.455. The number of nitrogens with two attached hydrogens (primary N) is 1. The molecule has 2 N–H and O–H groups in total. The lowest BCUT2D eigenvalue weighted by Gasteiger charge is -2.26. The molecule has 5 rings (SSSR count). The molecule has 0 saturated heterocycles. The molecule has 6 nitrogen and oxygen atoms in total. The Balaban J connectivity index is 1.67. The van der Waals surface area contributed by atoms with Gasteiger partial charge in [-0.2, -0.15) is 0 Å². The summed E-state index contributed by atoms with van der Waals surface area (Å²) in [6, 6.07) is 17.0. The maximum Gasteiger partial charge on any atom is 0.250 e. The molecule has 0 saturated carbocycles. The number of primary amides is 1. The molecule has 0 radical (unpaired) electrons. The lowest BCUT2D eigenvalue weighted by molar-refractivity contribution is 0.100. The maximum absolute atomic E-state index is 13.7. The second-order valence-electron chi connectivity index (χ2n) is 8.50. The lowest BCUT2D eigenvalue weighted by Crippen LogP contribution is -2.23. The van der Waals surface area contributed by atoms with Crippen LogP contribution >= 0.6 is 0 Å². The molecule has 1 aliphatic rings. The Kier molecular flexibility index (Phi) is 5.32. The Hall–Kier alpha value is -4.13. The minimum absolute atomic E-state index is 0.164. The van der Waals surface area contributed by atoms with Crippen LogP contribution in [0, 0.1) is 12.7 Å². The summed E-state index contributed by atoms with van der Waals surface area (Å²) in [4.78, 5) is 29.1. The minimum atomic E-state index is -0.532. The average molecular weight is 458 g/mol. The monoisotopic (exact) mass is 457 g/mol. The van der Waals surface area contributed by atoms with Crippen molar-refractivity contribution in [3.8, 4) is 0 Å². The molecule has 0 fully saturated rings. The standard InChI is InChI=1S/C27H24FN3O3/c1-3-31(22-7-5-4-6-20(22)27(29)33)23-11-16(2)10-21-24(32)13-25(34-26(21)23)30-14-17-8-9-19(28)12-18(17)15-30/h4-13H,3,14-15H2,1-2H3,(H2,29,33). The van der Waals surface area contributed by atoms with Crippen LogP contribution in [0.25, 0.3) is 11.0 Å². The summed E-state index contributed by atoms with van der Waals surface area (Å²) in [6.07, 6.45) is 0. The molecular formula is C27H24FN3O3. The van der Waals surface area contributed by atoms with Crippen LogP contribution in [0.4, 0.5) is 21.6 Å². The van der Waals surface area contributed by atoms with Crippen LogP contribution in [-0.2, 0) is 13.1 Å². The lowest BCUT2D eigenvalue weighted by atomic mass is 10.1. The zero-order valence-corrected chi connectivity index (χ0v) is 19.0. The first kappa shape index (κ1) is 21.7. The van der Waals surface area contributed by atoms with E-state index in [-0.39, 0.29) is 11.2 Å². The third-order valence-corrected chi connectivity index (χ3v) is 6.21. The number of carbonyl (C=O) groups is 1. The summed E-state index contributed by atoms with van der Waals surface area (Å²) in [5.74, 6) is -0.404. The highest BCUT2D eigenvalue weighted by Crippen LogP contribution is 2.37.